The van der Waals surface area contributed by atoms with E-state index in [-0.39, 0.29) is 0 Å². The van der Waals surface area contributed by atoms with Gasteiger partial charge in [-0.25, -0.2) is 4.98 Å². The predicted molar refractivity (Wildman–Crippen MR) is 68.2 cm³/mol. The molecule has 1 saturated carbocycles. The number of aliphatic carboxylic acids is 1. The minimum atomic E-state index is -0.777. The lowest BCUT2D eigenvalue weighted by atomic mass is 10.0. The summed E-state index contributed by atoms with van der Waals surface area (Å²) in [5.41, 5.74) is 1.08. The maximum atomic E-state index is 11.1. The lowest BCUT2D eigenvalue weighted by Gasteiger charge is -2.17. The molecule has 18 heavy (non-hydrogen) atoms. The molecule has 1 aliphatic carbocycles. The zero-order valence-corrected chi connectivity index (χ0v) is 11.0. The van der Waals surface area contributed by atoms with Gasteiger partial charge in [-0.1, -0.05) is 13.8 Å². The molecule has 1 unspecified atom stereocenters. The topological polar surface area (TPSA) is 67.2 Å². The number of carbonyl (C=O) groups is 1. The predicted octanol–water partition coefficient (Wildman–Crippen LogP) is 1.81. The van der Waals surface area contributed by atoms with Crippen molar-refractivity contribution in [2.75, 3.05) is 0 Å². The molecule has 1 aromatic rings. The molecule has 5 nitrogen and oxygen atoms in total. The highest BCUT2D eigenvalue weighted by Crippen LogP contribution is 2.35. The van der Waals surface area contributed by atoms with Gasteiger partial charge < -0.3 is 9.67 Å². The Balaban J connectivity index is 1.91. The Morgan fingerprint density at radius 2 is 2.33 bits per heavy atom. The van der Waals surface area contributed by atoms with Gasteiger partial charge in [0.2, 0.25) is 0 Å². The van der Waals surface area contributed by atoms with E-state index in [4.69, 9.17) is 5.11 Å². The van der Waals surface area contributed by atoms with Gasteiger partial charge >= 0.3 is 5.97 Å². The summed E-state index contributed by atoms with van der Waals surface area (Å²) in [6, 6.07) is 0.102. The van der Waals surface area contributed by atoms with Crippen molar-refractivity contribution in [3.63, 3.8) is 0 Å². The molecule has 0 spiro atoms. The highest BCUT2D eigenvalue weighted by molar-refractivity contribution is 5.73. The molecule has 0 aromatic carbocycles. The zero-order chi connectivity index (χ0) is 13.1. The average molecular weight is 251 g/mol. The van der Waals surface area contributed by atoms with Gasteiger partial charge in [-0.05, 0) is 25.2 Å². The van der Waals surface area contributed by atoms with Crippen LogP contribution in [0.15, 0.2) is 12.5 Å². The van der Waals surface area contributed by atoms with Crippen molar-refractivity contribution in [1.29, 1.82) is 0 Å². The van der Waals surface area contributed by atoms with E-state index in [1.807, 2.05) is 26.4 Å². The van der Waals surface area contributed by atoms with E-state index in [0.29, 0.717) is 24.9 Å². The van der Waals surface area contributed by atoms with Crippen molar-refractivity contribution in [3.05, 3.63) is 18.2 Å². The highest BCUT2D eigenvalue weighted by Gasteiger charge is 2.25. The fraction of sp³-hybridized carbons (Fsp3) is 0.692. The van der Waals surface area contributed by atoms with Crippen LogP contribution in [-0.2, 0) is 11.3 Å². The van der Waals surface area contributed by atoms with E-state index in [9.17, 15) is 4.79 Å². The van der Waals surface area contributed by atoms with Crippen LogP contribution in [0.4, 0.5) is 0 Å². The SMILES string of the molecule is CC(C)CC(NCc1cncn1C1CC1)C(=O)O. The molecule has 1 fully saturated rings. The second-order valence-electron chi connectivity index (χ2n) is 5.42. The molecule has 1 aliphatic rings. The zero-order valence-electron chi connectivity index (χ0n) is 11.0. The van der Waals surface area contributed by atoms with Crippen LogP contribution >= 0.6 is 0 Å². The van der Waals surface area contributed by atoms with E-state index in [2.05, 4.69) is 14.9 Å². The van der Waals surface area contributed by atoms with Crippen LogP contribution in [-0.4, -0.2) is 26.7 Å². The standard InChI is InChI=1S/C13H21N3O2/c1-9(2)5-12(13(17)18)15-7-11-6-14-8-16(11)10-3-4-10/h6,8-10,12,15H,3-5,7H2,1-2H3,(H,17,18). The highest BCUT2D eigenvalue weighted by atomic mass is 16.4. The normalized spacial score (nSPS) is 17.1. The number of carboxylic acid groups (broad SMARTS) is 1. The number of aromatic nitrogens is 2. The van der Waals surface area contributed by atoms with Gasteiger partial charge in [0, 0.05) is 18.8 Å². The molecule has 0 radical (unpaired) electrons. The van der Waals surface area contributed by atoms with E-state index in [1.54, 1.807) is 0 Å². The van der Waals surface area contributed by atoms with Crippen LogP contribution in [0.3, 0.4) is 0 Å². The van der Waals surface area contributed by atoms with Crippen LogP contribution in [0.25, 0.3) is 0 Å². The number of nitrogens with one attached hydrogen (secondary N) is 1. The number of carboxylic acids is 1. The Hall–Kier alpha value is -1.36. The second kappa shape index (κ2) is 5.52. The van der Waals surface area contributed by atoms with Crippen LogP contribution in [0.2, 0.25) is 0 Å². The first-order valence-corrected chi connectivity index (χ1v) is 6.54. The summed E-state index contributed by atoms with van der Waals surface area (Å²) in [6.07, 6.45) is 6.72. The van der Waals surface area contributed by atoms with Crippen molar-refractivity contribution in [1.82, 2.24) is 14.9 Å². The average Bonchev–Trinajstić information content (AvgIpc) is 3.03. The van der Waals surface area contributed by atoms with Crippen molar-refractivity contribution in [3.8, 4) is 0 Å². The first kappa shape index (κ1) is 13.1. The summed E-state index contributed by atoms with van der Waals surface area (Å²) in [4.78, 5) is 15.3. The summed E-state index contributed by atoms with van der Waals surface area (Å²) in [7, 11) is 0. The molecule has 1 atom stereocenters. The molecule has 2 rings (SSSR count). The largest absolute Gasteiger partial charge is 0.480 e. The lowest BCUT2D eigenvalue weighted by Crippen LogP contribution is -2.37. The van der Waals surface area contributed by atoms with Crippen molar-refractivity contribution < 1.29 is 9.90 Å². The molecule has 0 amide bonds. The van der Waals surface area contributed by atoms with Crippen LogP contribution < -0.4 is 5.32 Å². The van der Waals surface area contributed by atoms with Crippen LogP contribution in [0, 0.1) is 5.92 Å². The minimum absolute atomic E-state index is 0.368. The Kier molecular flexibility index (Phi) is 4.01. The third-order valence-electron chi connectivity index (χ3n) is 3.22. The van der Waals surface area contributed by atoms with Gasteiger partial charge in [-0.3, -0.25) is 10.1 Å². The molecule has 2 N–H and O–H groups in total. The Morgan fingerprint density at radius 3 is 2.89 bits per heavy atom. The Labute approximate surface area is 107 Å². The van der Waals surface area contributed by atoms with Gasteiger partial charge in [0.1, 0.15) is 6.04 Å². The fourth-order valence-electron chi connectivity index (χ4n) is 2.12. The van der Waals surface area contributed by atoms with E-state index in [1.165, 1.54) is 12.8 Å². The van der Waals surface area contributed by atoms with Crippen molar-refractivity contribution in [2.45, 2.75) is 51.7 Å². The summed E-state index contributed by atoms with van der Waals surface area (Å²) >= 11 is 0. The maximum Gasteiger partial charge on any atom is 0.320 e. The monoisotopic (exact) mass is 251 g/mol. The minimum Gasteiger partial charge on any atom is -0.480 e. The van der Waals surface area contributed by atoms with E-state index in [0.717, 1.165) is 5.69 Å². The second-order valence-corrected chi connectivity index (χ2v) is 5.42. The van der Waals surface area contributed by atoms with Crippen molar-refractivity contribution in [2.24, 2.45) is 5.92 Å². The van der Waals surface area contributed by atoms with Crippen molar-refractivity contribution >= 4 is 5.97 Å². The molecular formula is C13H21N3O2. The molecule has 1 aromatic heterocycles. The quantitative estimate of drug-likeness (QED) is 0.775. The van der Waals surface area contributed by atoms with Gasteiger partial charge in [-0.15, -0.1) is 0 Å². The van der Waals surface area contributed by atoms with Gasteiger partial charge in [0.15, 0.2) is 0 Å². The molecule has 1 heterocycles. The molecule has 100 valence electrons. The number of rotatable bonds is 7. The number of hydrogen-bond acceptors (Lipinski definition) is 3. The smallest absolute Gasteiger partial charge is 0.320 e. The van der Waals surface area contributed by atoms with Gasteiger partial charge in [0.05, 0.1) is 12.0 Å². The first-order valence-electron chi connectivity index (χ1n) is 6.54. The maximum absolute atomic E-state index is 11.1. The first-order chi connectivity index (χ1) is 8.58. The van der Waals surface area contributed by atoms with Gasteiger partial charge in [-0.2, -0.15) is 0 Å². The van der Waals surface area contributed by atoms with E-state index < -0.39 is 12.0 Å². The summed E-state index contributed by atoms with van der Waals surface area (Å²) in [5.74, 6) is -0.409. The molecular weight excluding hydrogens is 230 g/mol. The molecule has 0 bridgehead atoms. The molecule has 0 saturated heterocycles. The van der Waals surface area contributed by atoms with Gasteiger partial charge in [0.25, 0.3) is 0 Å². The number of hydrogen-bond donors (Lipinski definition) is 2. The number of nitrogens with zero attached hydrogens (tertiary/aromatic N) is 2. The fourth-order valence-corrected chi connectivity index (χ4v) is 2.12. The van der Waals surface area contributed by atoms with Crippen LogP contribution in [0.1, 0.15) is 44.8 Å². The van der Waals surface area contributed by atoms with E-state index >= 15 is 0 Å². The Morgan fingerprint density at radius 1 is 1.61 bits per heavy atom. The molecule has 0 aliphatic heterocycles. The van der Waals surface area contributed by atoms with Crippen LogP contribution in [0.5, 0.6) is 0 Å². The number of imidazole rings is 1. The Bertz CT molecular complexity index is 410. The summed E-state index contributed by atoms with van der Waals surface area (Å²) < 4.78 is 2.15. The third kappa shape index (κ3) is 3.32. The summed E-state index contributed by atoms with van der Waals surface area (Å²) in [5, 5.41) is 12.3. The molecule has 5 heteroatoms. The lowest BCUT2D eigenvalue weighted by molar-refractivity contribution is -0.140. The third-order valence-corrected chi connectivity index (χ3v) is 3.22. The summed E-state index contributed by atoms with van der Waals surface area (Å²) in [6.45, 7) is 4.64.